The summed E-state index contributed by atoms with van der Waals surface area (Å²) in [5.74, 6) is -3.20. The molecule has 0 saturated carbocycles. The first-order valence-corrected chi connectivity index (χ1v) is 10.4. The summed E-state index contributed by atoms with van der Waals surface area (Å²) in [6.07, 6.45) is 0. The fourth-order valence-electron chi connectivity index (χ4n) is 3.81. The molecule has 1 unspecified atom stereocenters. The first-order chi connectivity index (χ1) is 15.6. The van der Waals surface area contributed by atoms with E-state index in [1.165, 1.54) is 27.9 Å². The number of hydrogen-bond acceptors (Lipinski definition) is 7. The van der Waals surface area contributed by atoms with Crippen molar-refractivity contribution < 1.29 is 28.7 Å². The molecule has 0 spiro atoms. The van der Waals surface area contributed by atoms with Gasteiger partial charge >= 0.3 is 0 Å². The van der Waals surface area contributed by atoms with Crippen molar-refractivity contribution in [1.82, 2.24) is 0 Å². The molecule has 0 aromatic heterocycles. The van der Waals surface area contributed by atoms with Crippen molar-refractivity contribution in [2.75, 3.05) is 19.5 Å². The van der Waals surface area contributed by atoms with Crippen LogP contribution in [0.2, 0.25) is 0 Å². The van der Waals surface area contributed by atoms with E-state index in [9.17, 15) is 19.2 Å². The number of ether oxygens (including phenoxy) is 2. The summed E-state index contributed by atoms with van der Waals surface area (Å²) in [6, 6.07) is 13.3. The Morgan fingerprint density at radius 2 is 1.15 bits per heavy atom. The summed E-state index contributed by atoms with van der Waals surface area (Å²) in [5.41, 5.74) is 1.39. The number of methoxy groups -OCH3 is 2. The predicted molar refractivity (Wildman–Crippen MR) is 126 cm³/mol. The van der Waals surface area contributed by atoms with Crippen LogP contribution in [0.25, 0.3) is 0 Å². The van der Waals surface area contributed by atoms with Crippen LogP contribution in [0.3, 0.4) is 0 Å². The lowest BCUT2D eigenvalue weighted by atomic mass is 9.74. The number of rotatable bonds is 11. The van der Waals surface area contributed by atoms with Gasteiger partial charge in [0.15, 0.2) is 11.6 Å². The lowest BCUT2D eigenvalue weighted by Crippen LogP contribution is -2.37. The fraction of sp³-hybridized carbons (Fsp3) is 0.308. The first kappa shape index (κ1) is 25.5. The van der Waals surface area contributed by atoms with Crippen LogP contribution in [-0.4, -0.2) is 37.4 Å². The second-order valence-electron chi connectivity index (χ2n) is 7.72. The molecular formula is C26H29NO6. The molecule has 2 aromatic rings. The van der Waals surface area contributed by atoms with Crippen molar-refractivity contribution in [1.29, 1.82) is 0 Å². The van der Waals surface area contributed by atoms with Gasteiger partial charge in [0.1, 0.15) is 23.1 Å². The highest BCUT2D eigenvalue weighted by atomic mass is 16.5. The maximum absolute atomic E-state index is 13.6. The third-order valence-electron chi connectivity index (χ3n) is 5.38. The van der Waals surface area contributed by atoms with Gasteiger partial charge in [0.25, 0.3) is 0 Å². The van der Waals surface area contributed by atoms with Gasteiger partial charge in [-0.2, -0.15) is 0 Å². The molecule has 0 aliphatic heterocycles. The smallest absolute Gasteiger partial charge is 0.171 e. The van der Waals surface area contributed by atoms with E-state index in [-0.39, 0.29) is 11.1 Å². The molecule has 1 N–H and O–H groups in total. The van der Waals surface area contributed by atoms with E-state index in [2.05, 4.69) is 5.32 Å². The Kier molecular flexibility index (Phi) is 8.68. The highest BCUT2D eigenvalue weighted by molar-refractivity contribution is 6.14. The Morgan fingerprint density at radius 1 is 0.697 bits per heavy atom. The molecule has 7 heteroatoms. The van der Waals surface area contributed by atoms with Gasteiger partial charge in [-0.25, -0.2) is 0 Å². The molecule has 174 valence electrons. The molecule has 33 heavy (non-hydrogen) atoms. The molecule has 2 aromatic carbocycles. The number of ketones is 4. The van der Waals surface area contributed by atoms with Crippen LogP contribution < -0.4 is 14.8 Å². The predicted octanol–water partition coefficient (Wildman–Crippen LogP) is 4.27. The Morgan fingerprint density at radius 3 is 1.55 bits per heavy atom. The van der Waals surface area contributed by atoms with Crippen LogP contribution in [0, 0.1) is 11.8 Å². The Balaban J connectivity index is 2.63. The van der Waals surface area contributed by atoms with Gasteiger partial charge in [-0.3, -0.25) is 19.2 Å². The zero-order chi connectivity index (χ0) is 24.7. The number of Topliss-reactive ketones (excluding diaryl/α,β-unsaturated/α-hetero) is 4. The zero-order valence-corrected chi connectivity index (χ0v) is 19.7. The lowest BCUT2D eigenvalue weighted by Gasteiger charge is -2.26. The quantitative estimate of drug-likeness (QED) is 0.309. The van der Waals surface area contributed by atoms with Gasteiger partial charge < -0.3 is 14.8 Å². The number of anilines is 1. The van der Waals surface area contributed by atoms with Gasteiger partial charge in [0, 0.05) is 22.5 Å². The summed E-state index contributed by atoms with van der Waals surface area (Å²) in [7, 11) is 3.06. The number of nitrogens with one attached hydrogen (secondary N) is 1. The third kappa shape index (κ3) is 6.16. The minimum atomic E-state index is -1.29. The Labute approximate surface area is 193 Å². The van der Waals surface area contributed by atoms with Crippen molar-refractivity contribution in [2.24, 2.45) is 11.8 Å². The van der Waals surface area contributed by atoms with E-state index in [1.54, 1.807) is 62.6 Å². The van der Waals surface area contributed by atoms with Crippen LogP contribution in [-0.2, 0) is 14.4 Å². The number of carbonyl (C=O) groups is 4. The van der Waals surface area contributed by atoms with Gasteiger partial charge in [0.05, 0.1) is 26.1 Å². The first-order valence-electron chi connectivity index (χ1n) is 10.4. The van der Waals surface area contributed by atoms with Crippen molar-refractivity contribution in [2.45, 2.75) is 27.7 Å². The highest BCUT2D eigenvalue weighted by Gasteiger charge is 2.40. The van der Waals surface area contributed by atoms with E-state index in [0.29, 0.717) is 22.9 Å². The molecule has 0 fully saturated rings. The van der Waals surface area contributed by atoms with Gasteiger partial charge in [0.2, 0.25) is 0 Å². The number of benzene rings is 2. The molecule has 0 heterocycles. The zero-order valence-electron chi connectivity index (χ0n) is 19.7. The van der Waals surface area contributed by atoms with Crippen LogP contribution in [0.1, 0.15) is 38.1 Å². The molecule has 0 saturated heterocycles. The normalized spacial score (nSPS) is 12.5. The molecule has 0 amide bonds. The SMILES string of the molecule is COc1ccc(NC(C)=C(C(C)=O)C(C(=O)c2ccc(OC)cc2)C(C(C)=O)C(C)=O)cc1. The van der Waals surface area contributed by atoms with Crippen LogP contribution >= 0.6 is 0 Å². The van der Waals surface area contributed by atoms with Crippen LogP contribution in [0.15, 0.2) is 59.8 Å². The Bertz CT molecular complexity index is 1050. The molecular weight excluding hydrogens is 422 g/mol. The maximum atomic E-state index is 13.6. The minimum Gasteiger partial charge on any atom is -0.497 e. The average molecular weight is 452 g/mol. The van der Waals surface area contributed by atoms with Crippen molar-refractivity contribution in [3.05, 3.63) is 65.4 Å². The van der Waals surface area contributed by atoms with E-state index in [0.717, 1.165) is 0 Å². The molecule has 7 nitrogen and oxygen atoms in total. The van der Waals surface area contributed by atoms with E-state index in [1.807, 2.05) is 0 Å². The van der Waals surface area contributed by atoms with Gasteiger partial charge in [-0.1, -0.05) is 0 Å². The molecule has 0 radical (unpaired) electrons. The van der Waals surface area contributed by atoms with Gasteiger partial charge in [-0.15, -0.1) is 0 Å². The molecule has 0 aliphatic carbocycles. The van der Waals surface area contributed by atoms with E-state index >= 15 is 0 Å². The van der Waals surface area contributed by atoms with Crippen molar-refractivity contribution >= 4 is 28.8 Å². The van der Waals surface area contributed by atoms with Crippen molar-refractivity contribution in [3.63, 3.8) is 0 Å². The Hall–Kier alpha value is -3.74. The monoisotopic (exact) mass is 451 g/mol. The summed E-state index contributed by atoms with van der Waals surface area (Å²) in [6.45, 7) is 5.47. The van der Waals surface area contributed by atoms with Crippen LogP contribution in [0.5, 0.6) is 11.5 Å². The molecule has 0 bridgehead atoms. The molecule has 1 atom stereocenters. The standard InChI is InChI=1S/C26H29NO6/c1-15(27-20-9-13-22(33-6)14-10-20)23(16(2)28)25(24(17(3)29)18(4)30)26(31)19-7-11-21(32-5)12-8-19/h7-14,24-25,27H,1-6H3. The summed E-state index contributed by atoms with van der Waals surface area (Å²) in [5, 5.41) is 3.12. The number of carbonyl (C=O) groups excluding carboxylic acids is 4. The average Bonchev–Trinajstić information content (AvgIpc) is 2.78. The minimum absolute atomic E-state index is 0.0852. The molecule has 0 aliphatic rings. The van der Waals surface area contributed by atoms with E-state index < -0.39 is 35.0 Å². The summed E-state index contributed by atoms with van der Waals surface area (Å²) >= 11 is 0. The summed E-state index contributed by atoms with van der Waals surface area (Å²) in [4.78, 5) is 51.4. The molecule has 2 rings (SSSR count). The second kappa shape index (κ2) is 11.2. The highest BCUT2D eigenvalue weighted by Crippen LogP contribution is 2.31. The van der Waals surface area contributed by atoms with Crippen LogP contribution in [0.4, 0.5) is 5.69 Å². The topological polar surface area (TPSA) is 98.8 Å². The van der Waals surface area contributed by atoms with Crippen molar-refractivity contribution in [3.8, 4) is 11.5 Å². The lowest BCUT2D eigenvalue weighted by molar-refractivity contribution is -0.131. The largest absolute Gasteiger partial charge is 0.497 e. The van der Waals surface area contributed by atoms with E-state index in [4.69, 9.17) is 9.47 Å². The van der Waals surface area contributed by atoms with Gasteiger partial charge in [-0.05, 0) is 76.2 Å². The number of allylic oxidation sites excluding steroid dienone is 2. The second-order valence-corrected chi connectivity index (χ2v) is 7.72. The fourth-order valence-corrected chi connectivity index (χ4v) is 3.81. The summed E-state index contributed by atoms with van der Waals surface area (Å²) < 4.78 is 10.3. The third-order valence-corrected chi connectivity index (χ3v) is 5.38. The number of hydrogen-bond donors (Lipinski definition) is 1. The maximum Gasteiger partial charge on any atom is 0.171 e.